The van der Waals surface area contributed by atoms with E-state index in [0.29, 0.717) is 23.3 Å². The Kier molecular flexibility index (Phi) is 5.16. The third-order valence-corrected chi connectivity index (χ3v) is 5.42. The number of carbonyl (C=O) groups excluding carboxylic acids is 1. The Balaban J connectivity index is 1.74. The van der Waals surface area contributed by atoms with Gasteiger partial charge < -0.3 is 19.9 Å². The fourth-order valence-electron chi connectivity index (χ4n) is 4.01. The molecule has 2 unspecified atom stereocenters. The smallest absolute Gasteiger partial charge is 0.335 e. The van der Waals surface area contributed by atoms with Crippen LogP contribution >= 0.6 is 0 Å². The second kappa shape index (κ2) is 7.33. The van der Waals surface area contributed by atoms with E-state index in [-0.39, 0.29) is 23.1 Å². The van der Waals surface area contributed by atoms with Gasteiger partial charge in [0.2, 0.25) is 5.91 Å². The predicted octanol–water partition coefficient (Wildman–Crippen LogP) is 3.56. The lowest BCUT2D eigenvalue weighted by atomic mass is 9.85. The van der Waals surface area contributed by atoms with E-state index in [4.69, 9.17) is 9.47 Å². The molecule has 2 aliphatic carbocycles. The van der Waals surface area contributed by atoms with E-state index in [1.54, 1.807) is 0 Å². The second-order valence-electron chi connectivity index (χ2n) is 6.96. The van der Waals surface area contributed by atoms with Gasteiger partial charge in [0, 0.05) is 5.92 Å². The molecule has 6 heteroatoms. The quantitative estimate of drug-likeness (QED) is 0.822. The Bertz CT molecular complexity index is 666. The summed E-state index contributed by atoms with van der Waals surface area (Å²) in [4.78, 5) is 23.9. The molecule has 2 N–H and O–H groups in total. The largest absolute Gasteiger partial charge is 0.493 e. The van der Waals surface area contributed by atoms with Gasteiger partial charge in [-0.1, -0.05) is 32.1 Å². The molecule has 1 aromatic carbocycles. The monoisotopic (exact) mass is 347 g/mol. The van der Waals surface area contributed by atoms with Crippen LogP contribution < -0.4 is 14.8 Å². The Labute approximate surface area is 147 Å². The first kappa shape index (κ1) is 17.6. The number of amides is 1. The molecule has 1 amide bonds. The van der Waals surface area contributed by atoms with E-state index in [2.05, 4.69) is 5.32 Å². The predicted molar refractivity (Wildman–Crippen MR) is 93.3 cm³/mol. The molecule has 3 rings (SSSR count). The average Bonchev–Trinajstić information content (AvgIpc) is 3.42. The van der Waals surface area contributed by atoms with Crippen molar-refractivity contribution in [2.45, 2.75) is 38.5 Å². The highest BCUT2D eigenvalue weighted by Crippen LogP contribution is 2.50. The molecule has 0 heterocycles. The molecule has 25 heavy (non-hydrogen) atoms. The number of hydrogen-bond donors (Lipinski definition) is 2. The summed E-state index contributed by atoms with van der Waals surface area (Å²) in [6.45, 7) is 0. The fraction of sp³-hybridized carbons (Fsp3) is 0.579. The Morgan fingerprint density at radius 3 is 2.44 bits per heavy atom. The summed E-state index contributed by atoms with van der Waals surface area (Å²) in [5, 5.41) is 12.1. The Morgan fingerprint density at radius 1 is 1.12 bits per heavy atom. The van der Waals surface area contributed by atoms with Crippen LogP contribution in [0.15, 0.2) is 12.1 Å². The van der Waals surface area contributed by atoms with Gasteiger partial charge >= 0.3 is 5.97 Å². The van der Waals surface area contributed by atoms with Crippen LogP contribution in [0.4, 0.5) is 5.69 Å². The van der Waals surface area contributed by atoms with Crippen LogP contribution in [-0.2, 0) is 4.79 Å². The van der Waals surface area contributed by atoms with E-state index in [1.165, 1.54) is 58.5 Å². The first-order valence-electron chi connectivity index (χ1n) is 8.85. The topological polar surface area (TPSA) is 84.9 Å². The molecular formula is C19H25NO5. The molecule has 0 aromatic heterocycles. The van der Waals surface area contributed by atoms with Gasteiger partial charge in [-0.25, -0.2) is 4.79 Å². The summed E-state index contributed by atoms with van der Waals surface area (Å²) < 4.78 is 10.5. The number of aromatic carboxylic acids is 1. The molecule has 2 atom stereocenters. The van der Waals surface area contributed by atoms with Crippen molar-refractivity contribution in [3.8, 4) is 11.5 Å². The summed E-state index contributed by atoms with van der Waals surface area (Å²) in [6.07, 6.45) is 7.20. The third kappa shape index (κ3) is 3.72. The summed E-state index contributed by atoms with van der Waals surface area (Å²) in [7, 11) is 2.91. The zero-order valence-electron chi connectivity index (χ0n) is 14.7. The molecule has 136 valence electrons. The molecule has 0 aliphatic heterocycles. The van der Waals surface area contributed by atoms with E-state index in [0.717, 1.165) is 6.42 Å². The number of ether oxygens (including phenoxy) is 2. The molecule has 0 radical (unpaired) electrons. The maximum Gasteiger partial charge on any atom is 0.335 e. The van der Waals surface area contributed by atoms with E-state index in [1.807, 2.05) is 0 Å². The highest BCUT2D eigenvalue weighted by atomic mass is 16.5. The molecule has 0 bridgehead atoms. The van der Waals surface area contributed by atoms with Gasteiger partial charge in [0.1, 0.15) is 0 Å². The minimum absolute atomic E-state index is 0.0206. The molecule has 2 fully saturated rings. The van der Waals surface area contributed by atoms with Crippen LogP contribution in [0.3, 0.4) is 0 Å². The van der Waals surface area contributed by atoms with Crippen molar-refractivity contribution in [1.82, 2.24) is 0 Å². The average molecular weight is 347 g/mol. The second-order valence-corrected chi connectivity index (χ2v) is 6.96. The number of nitrogens with one attached hydrogen (secondary N) is 1. The molecule has 0 saturated heterocycles. The number of carbonyl (C=O) groups is 2. The molecule has 6 nitrogen and oxygen atoms in total. The van der Waals surface area contributed by atoms with Crippen molar-refractivity contribution >= 4 is 17.6 Å². The first-order chi connectivity index (χ1) is 12.0. The lowest BCUT2D eigenvalue weighted by Gasteiger charge is -2.21. The third-order valence-electron chi connectivity index (χ3n) is 5.42. The van der Waals surface area contributed by atoms with E-state index in [9.17, 15) is 14.7 Å². The Hall–Kier alpha value is -2.24. The van der Waals surface area contributed by atoms with Crippen LogP contribution in [-0.4, -0.2) is 31.2 Å². The van der Waals surface area contributed by atoms with Crippen LogP contribution in [0.1, 0.15) is 48.9 Å². The van der Waals surface area contributed by atoms with Gasteiger partial charge in [-0.2, -0.15) is 0 Å². The highest BCUT2D eigenvalue weighted by Gasteiger charge is 2.47. The van der Waals surface area contributed by atoms with Gasteiger partial charge in [-0.05, 0) is 30.4 Å². The minimum atomic E-state index is -1.08. The maximum atomic E-state index is 12.6. The van der Waals surface area contributed by atoms with Gasteiger partial charge in [0.05, 0.1) is 25.5 Å². The van der Waals surface area contributed by atoms with Crippen LogP contribution in [0.25, 0.3) is 0 Å². The van der Waals surface area contributed by atoms with Crippen molar-refractivity contribution < 1.29 is 24.2 Å². The van der Waals surface area contributed by atoms with E-state index < -0.39 is 5.97 Å². The van der Waals surface area contributed by atoms with Crippen LogP contribution in [0, 0.1) is 17.8 Å². The summed E-state index contributed by atoms with van der Waals surface area (Å²) in [5.41, 5.74) is 0.395. The molecule has 1 aromatic rings. The molecule has 2 aliphatic rings. The van der Waals surface area contributed by atoms with Crippen molar-refractivity contribution in [1.29, 1.82) is 0 Å². The highest BCUT2D eigenvalue weighted by molar-refractivity contribution is 5.98. The summed E-state index contributed by atoms with van der Waals surface area (Å²) >= 11 is 0. The van der Waals surface area contributed by atoms with Crippen molar-refractivity contribution in [3.05, 3.63) is 17.7 Å². The lowest BCUT2D eigenvalue weighted by Crippen LogP contribution is -2.19. The fourth-order valence-corrected chi connectivity index (χ4v) is 4.01. The van der Waals surface area contributed by atoms with Crippen molar-refractivity contribution in [2.24, 2.45) is 17.8 Å². The lowest BCUT2D eigenvalue weighted by molar-refractivity contribution is -0.117. The zero-order valence-corrected chi connectivity index (χ0v) is 14.7. The zero-order chi connectivity index (χ0) is 18.0. The van der Waals surface area contributed by atoms with Gasteiger partial charge in [0.25, 0.3) is 0 Å². The van der Waals surface area contributed by atoms with E-state index >= 15 is 0 Å². The van der Waals surface area contributed by atoms with Crippen molar-refractivity contribution in [2.75, 3.05) is 19.5 Å². The van der Waals surface area contributed by atoms with Gasteiger partial charge in [0.15, 0.2) is 11.5 Å². The number of carboxylic acids is 1. The molecular weight excluding hydrogens is 322 g/mol. The number of anilines is 1. The van der Waals surface area contributed by atoms with Gasteiger partial charge in [-0.15, -0.1) is 0 Å². The standard InChI is InChI=1S/C19H25NO5/c1-24-16-9-12(19(22)23)8-15(17(16)25-2)20-18(21)14-10-13(14)11-6-4-3-5-7-11/h8-9,11,13-14H,3-7,10H2,1-2H3,(H,20,21)(H,22,23). The van der Waals surface area contributed by atoms with Crippen molar-refractivity contribution in [3.63, 3.8) is 0 Å². The first-order valence-corrected chi connectivity index (χ1v) is 8.85. The number of hydrogen-bond acceptors (Lipinski definition) is 4. The molecule has 2 saturated carbocycles. The minimum Gasteiger partial charge on any atom is -0.493 e. The SMILES string of the molecule is COc1cc(C(=O)O)cc(NC(=O)C2CC2C2CCCCC2)c1OC. The molecule has 0 spiro atoms. The summed E-state index contributed by atoms with van der Waals surface area (Å²) in [6, 6.07) is 2.80. The van der Waals surface area contributed by atoms with Crippen LogP contribution in [0.5, 0.6) is 11.5 Å². The van der Waals surface area contributed by atoms with Crippen LogP contribution in [0.2, 0.25) is 0 Å². The number of carboxylic acid groups (broad SMARTS) is 1. The number of rotatable bonds is 6. The van der Waals surface area contributed by atoms with Gasteiger partial charge in [-0.3, -0.25) is 4.79 Å². The maximum absolute atomic E-state index is 12.6. The normalized spacial score (nSPS) is 23.0. The number of methoxy groups -OCH3 is 2. The number of benzene rings is 1. The summed E-state index contributed by atoms with van der Waals surface area (Å²) in [5.74, 6) is 0.642. The Morgan fingerprint density at radius 2 is 1.84 bits per heavy atom.